The molecule has 0 bridgehead atoms. The highest BCUT2D eigenvalue weighted by atomic mass is 19.4. The number of aliphatic imine (C=N–C) groups is 1. The van der Waals surface area contributed by atoms with Crippen molar-refractivity contribution < 1.29 is 32.2 Å². The van der Waals surface area contributed by atoms with E-state index in [9.17, 15) is 22.8 Å². The van der Waals surface area contributed by atoms with Crippen molar-refractivity contribution in [1.29, 1.82) is 0 Å². The van der Waals surface area contributed by atoms with Crippen LogP contribution < -0.4 is 15.0 Å². The van der Waals surface area contributed by atoms with Gasteiger partial charge in [0.15, 0.2) is 5.92 Å². The van der Waals surface area contributed by atoms with Crippen molar-refractivity contribution in [2.24, 2.45) is 10.9 Å². The second-order valence-electron chi connectivity index (χ2n) is 8.41. The van der Waals surface area contributed by atoms with E-state index < -0.39 is 35.6 Å². The Morgan fingerprint density at radius 1 is 1.08 bits per heavy atom. The monoisotopic (exact) mass is 504 g/mol. The summed E-state index contributed by atoms with van der Waals surface area (Å²) in [5.74, 6) is -1.37. The molecule has 0 aliphatic carbocycles. The molecule has 1 saturated heterocycles. The molecule has 0 radical (unpaired) electrons. The number of halogens is 3. The summed E-state index contributed by atoms with van der Waals surface area (Å²) in [6.45, 7) is 3.52. The predicted octanol–water partition coefficient (Wildman–Crippen LogP) is 3.24. The van der Waals surface area contributed by atoms with Crippen molar-refractivity contribution in [3.63, 3.8) is 0 Å². The summed E-state index contributed by atoms with van der Waals surface area (Å²) in [5.41, 5.74) is 0.445. The molecular formula is C25H27F3N4O4. The highest BCUT2D eigenvalue weighted by Crippen LogP contribution is 2.33. The van der Waals surface area contributed by atoms with E-state index in [1.165, 1.54) is 6.07 Å². The summed E-state index contributed by atoms with van der Waals surface area (Å²) in [5, 5.41) is 2.73. The Balaban J connectivity index is 1.54. The molecule has 2 aromatic carbocycles. The third kappa shape index (κ3) is 5.39. The molecular weight excluding hydrogens is 477 g/mol. The molecule has 192 valence electrons. The van der Waals surface area contributed by atoms with E-state index in [0.29, 0.717) is 49.1 Å². The van der Waals surface area contributed by atoms with Crippen LogP contribution in [0.3, 0.4) is 0 Å². The molecule has 0 aromatic heterocycles. The van der Waals surface area contributed by atoms with Crippen molar-refractivity contribution in [1.82, 2.24) is 10.2 Å². The molecule has 2 aliphatic heterocycles. The number of ether oxygens (including phenoxy) is 2. The van der Waals surface area contributed by atoms with Gasteiger partial charge in [-0.1, -0.05) is 18.2 Å². The van der Waals surface area contributed by atoms with Gasteiger partial charge in [0.05, 0.1) is 19.3 Å². The SMILES string of the molecule is CCOC(=O)[C@H]1C(=O)NC(N2CCN(c3cccc(C(F)(F)F)c3)CC2)=N[C@H]1c1ccc(OC)cc1. The number of anilines is 1. The quantitative estimate of drug-likeness (QED) is 0.497. The highest BCUT2D eigenvalue weighted by molar-refractivity contribution is 6.08. The van der Waals surface area contributed by atoms with Gasteiger partial charge in [0, 0.05) is 31.9 Å². The number of benzene rings is 2. The highest BCUT2D eigenvalue weighted by Gasteiger charge is 2.42. The fraction of sp³-hybridized carbons (Fsp3) is 0.400. The van der Waals surface area contributed by atoms with Crippen LogP contribution in [0.4, 0.5) is 18.9 Å². The first-order valence-electron chi connectivity index (χ1n) is 11.6. The molecule has 0 spiro atoms. The Kier molecular flexibility index (Phi) is 7.37. The number of carbonyl (C=O) groups is 2. The maximum absolute atomic E-state index is 13.1. The number of alkyl halides is 3. The van der Waals surface area contributed by atoms with Crippen LogP contribution in [0.15, 0.2) is 53.5 Å². The maximum Gasteiger partial charge on any atom is 0.416 e. The van der Waals surface area contributed by atoms with Gasteiger partial charge in [0.1, 0.15) is 11.8 Å². The van der Waals surface area contributed by atoms with Crippen molar-refractivity contribution >= 4 is 23.5 Å². The lowest BCUT2D eigenvalue weighted by Gasteiger charge is -2.39. The third-order valence-electron chi connectivity index (χ3n) is 6.21. The van der Waals surface area contributed by atoms with Crippen LogP contribution in [0.5, 0.6) is 5.75 Å². The van der Waals surface area contributed by atoms with Gasteiger partial charge in [-0.2, -0.15) is 13.2 Å². The van der Waals surface area contributed by atoms with Crippen molar-refractivity contribution in [2.75, 3.05) is 44.8 Å². The van der Waals surface area contributed by atoms with Crippen LogP contribution in [-0.4, -0.2) is 62.6 Å². The topological polar surface area (TPSA) is 83.5 Å². The van der Waals surface area contributed by atoms with Crippen LogP contribution in [0.1, 0.15) is 24.1 Å². The molecule has 36 heavy (non-hydrogen) atoms. The van der Waals surface area contributed by atoms with Gasteiger partial charge in [0.25, 0.3) is 0 Å². The molecule has 2 aromatic rings. The first-order chi connectivity index (χ1) is 17.2. The van der Waals surface area contributed by atoms with Gasteiger partial charge in [0.2, 0.25) is 11.9 Å². The number of hydrogen-bond acceptors (Lipinski definition) is 7. The summed E-state index contributed by atoms with van der Waals surface area (Å²) >= 11 is 0. The Morgan fingerprint density at radius 3 is 2.36 bits per heavy atom. The first-order valence-corrected chi connectivity index (χ1v) is 11.6. The summed E-state index contributed by atoms with van der Waals surface area (Å²) in [7, 11) is 1.54. The van der Waals surface area contributed by atoms with Gasteiger partial charge in [-0.15, -0.1) is 0 Å². The number of guanidine groups is 1. The second-order valence-corrected chi connectivity index (χ2v) is 8.41. The molecule has 2 heterocycles. The van der Waals surface area contributed by atoms with Crippen molar-refractivity contribution in [3.8, 4) is 5.75 Å². The summed E-state index contributed by atoms with van der Waals surface area (Å²) in [6.07, 6.45) is -4.41. The van der Waals surface area contributed by atoms with Crippen LogP contribution >= 0.6 is 0 Å². The number of esters is 1. The zero-order chi connectivity index (χ0) is 25.9. The smallest absolute Gasteiger partial charge is 0.416 e. The van der Waals surface area contributed by atoms with Crippen molar-refractivity contribution in [3.05, 3.63) is 59.7 Å². The minimum Gasteiger partial charge on any atom is -0.497 e. The van der Waals surface area contributed by atoms with E-state index in [1.54, 1.807) is 44.4 Å². The normalized spacial score (nSPS) is 20.5. The van der Waals surface area contributed by atoms with Crippen LogP contribution in [0.2, 0.25) is 0 Å². The van der Waals surface area contributed by atoms with Crippen molar-refractivity contribution in [2.45, 2.75) is 19.1 Å². The standard InChI is InChI=1S/C25H27F3N4O4/c1-3-36-23(34)20-21(16-7-9-19(35-2)10-8-16)29-24(30-22(20)33)32-13-11-31(12-14-32)18-6-4-5-17(15-18)25(26,27)28/h4-10,15,20-21H,3,11-14H2,1-2H3,(H,29,30,33)/t20-,21+/m1/s1. The van der Waals surface area contributed by atoms with Crippen LogP contribution in [0.25, 0.3) is 0 Å². The van der Waals surface area contributed by atoms with Gasteiger partial charge in [-0.3, -0.25) is 14.9 Å². The summed E-state index contributed by atoms with van der Waals surface area (Å²) in [6, 6.07) is 11.4. The number of methoxy groups -OCH3 is 1. The first kappa shape index (κ1) is 25.3. The Labute approximate surface area is 206 Å². The number of hydrogen-bond donors (Lipinski definition) is 1. The van der Waals surface area contributed by atoms with Gasteiger partial charge in [-0.25, -0.2) is 4.99 Å². The fourth-order valence-corrected chi connectivity index (χ4v) is 4.32. The molecule has 1 fully saturated rings. The Hall–Kier alpha value is -3.76. The zero-order valence-electron chi connectivity index (χ0n) is 19.9. The lowest BCUT2D eigenvalue weighted by Crippen LogP contribution is -2.57. The zero-order valence-corrected chi connectivity index (χ0v) is 19.9. The number of rotatable bonds is 5. The van der Waals surface area contributed by atoms with Gasteiger partial charge < -0.3 is 19.3 Å². The predicted molar refractivity (Wildman–Crippen MR) is 127 cm³/mol. The van der Waals surface area contributed by atoms with E-state index in [1.807, 2.05) is 9.80 Å². The van der Waals surface area contributed by atoms with Crippen LogP contribution in [0, 0.1) is 5.92 Å². The summed E-state index contributed by atoms with van der Waals surface area (Å²) in [4.78, 5) is 34.1. The second kappa shape index (κ2) is 10.5. The minimum atomic E-state index is -4.41. The average molecular weight is 505 g/mol. The number of nitrogens with zero attached hydrogens (tertiary/aromatic N) is 3. The fourth-order valence-electron chi connectivity index (χ4n) is 4.32. The number of nitrogens with one attached hydrogen (secondary N) is 1. The molecule has 0 unspecified atom stereocenters. The Morgan fingerprint density at radius 2 is 1.75 bits per heavy atom. The molecule has 11 heteroatoms. The largest absolute Gasteiger partial charge is 0.497 e. The van der Waals surface area contributed by atoms with E-state index in [-0.39, 0.29) is 6.61 Å². The van der Waals surface area contributed by atoms with Crippen LogP contribution in [-0.2, 0) is 20.5 Å². The molecule has 4 rings (SSSR count). The molecule has 0 saturated carbocycles. The third-order valence-corrected chi connectivity index (χ3v) is 6.21. The number of piperazine rings is 1. The number of amides is 1. The van der Waals surface area contributed by atoms with E-state index in [2.05, 4.69) is 5.32 Å². The lowest BCUT2D eigenvalue weighted by molar-refractivity contribution is -0.153. The summed E-state index contributed by atoms with van der Waals surface area (Å²) < 4.78 is 49.7. The van der Waals surface area contributed by atoms with Gasteiger partial charge >= 0.3 is 12.1 Å². The molecule has 2 atom stereocenters. The molecule has 1 amide bonds. The lowest BCUT2D eigenvalue weighted by atomic mass is 9.91. The minimum absolute atomic E-state index is 0.131. The molecule has 2 aliphatic rings. The van der Waals surface area contributed by atoms with E-state index in [4.69, 9.17) is 14.5 Å². The van der Waals surface area contributed by atoms with E-state index in [0.717, 1.165) is 12.1 Å². The molecule has 1 N–H and O–H groups in total. The van der Waals surface area contributed by atoms with Gasteiger partial charge in [-0.05, 0) is 42.8 Å². The Bertz CT molecular complexity index is 1130. The maximum atomic E-state index is 13.1. The van der Waals surface area contributed by atoms with E-state index >= 15 is 0 Å². The molecule has 8 nitrogen and oxygen atoms in total. The average Bonchev–Trinajstić information content (AvgIpc) is 2.88. The number of carbonyl (C=O) groups excluding carboxylic acids is 2.